The van der Waals surface area contributed by atoms with Crippen LogP contribution in [0.1, 0.15) is 51.0 Å². The molecule has 3 rings (SSSR count). The van der Waals surface area contributed by atoms with E-state index < -0.39 is 0 Å². The number of thiazole rings is 1. The Labute approximate surface area is 176 Å². The Balaban J connectivity index is 0.000000345. The van der Waals surface area contributed by atoms with E-state index in [0.29, 0.717) is 0 Å². The van der Waals surface area contributed by atoms with Gasteiger partial charge in [0.2, 0.25) is 0 Å². The number of hydrogen-bond donors (Lipinski definition) is 1. The van der Waals surface area contributed by atoms with E-state index >= 15 is 0 Å². The monoisotopic (exact) mass is 415 g/mol. The smallest absolute Gasteiger partial charge is 0.187 e. The van der Waals surface area contributed by atoms with Crippen LogP contribution in [0, 0.1) is 6.92 Å². The van der Waals surface area contributed by atoms with Gasteiger partial charge < -0.3 is 5.11 Å². The van der Waals surface area contributed by atoms with Gasteiger partial charge in [-0.05, 0) is 31.4 Å². The number of hydrogen-bond acceptors (Lipinski definition) is 6. The number of aromatic hydroxyl groups is 1. The van der Waals surface area contributed by atoms with Gasteiger partial charge in [0.1, 0.15) is 5.75 Å². The summed E-state index contributed by atoms with van der Waals surface area (Å²) in [6.07, 6.45) is 10.7. The lowest BCUT2D eigenvalue weighted by Crippen LogP contribution is -1.89. The van der Waals surface area contributed by atoms with Crippen molar-refractivity contribution in [1.29, 1.82) is 0 Å². The van der Waals surface area contributed by atoms with Gasteiger partial charge >= 0.3 is 0 Å². The van der Waals surface area contributed by atoms with Crippen LogP contribution in [0.3, 0.4) is 0 Å². The highest BCUT2D eigenvalue weighted by Crippen LogP contribution is 2.36. The minimum Gasteiger partial charge on any atom is -0.508 e. The van der Waals surface area contributed by atoms with Gasteiger partial charge in [-0.25, -0.2) is 15.0 Å². The average Bonchev–Trinajstić information content (AvgIpc) is 3.11. The van der Waals surface area contributed by atoms with Crippen molar-refractivity contribution >= 4 is 23.1 Å². The van der Waals surface area contributed by atoms with Gasteiger partial charge in [-0.3, -0.25) is 0 Å². The Hall–Kier alpha value is -1.92. The average molecular weight is 416 g/mol. The molecule has 4 nitrogen and oxygen atoms in total. The SMILES string of the molecule is CCCCCCC.CSc1nccc(-c2sc(C)nc2-c2cccc(O)c2)n1. The molecule has 3 aromatic rings. The molecule has 0 saturated heterocycles. The molecule has 2 aromatic heterocycles. The summed E-state index contributed by atoms with van der Waals surface area (Å²) in [5, 5.41) is 11.4. The summed E-state index contributed by atoms with van der Waals surface area (Å²) < 4.78 is 0. The normalized spacial score (nSPS) is 10.4. The van der Waals surface area contributed by atoms with Crippen LogP contribution < -0.4 is 0 Å². The molecular weight excluding hydrogens is 386 g/mol. The van der Waals surface area contributed by atoms with E-state index in [0.717, 1.165) is 32.0 Å². The van der Waals surface area contributed by atoms with Crippen LogP contribution in [0.2, 0.25) is 0 Å². The lowest BCUT2D eigenvalue weighted by molar-refractivity contribution is 0.475. The summed E-state index contributed by atoms with van der Waals surface area (Å²) in [4.78, 5) is 14.3. The number of unbranched alkanes of at least 4 members (excludes halogenated alkanes) is 4. The van der Waals surface area contributed by atoms with E-state index in [1.54, 1.807) is 29.7 Å². The third-order valence-electron chi connectivity index (χ3n) is 4.11. The number of aryl methyl sites for hydroxylation is 1. The molecule has 0 aliphatic heterocycles. The molecule has 2 heterocycles. The second-order valence-electron chi connectivity index (χ2n) is 6.45. The predicted molar refractivity (Wildman–Crippen MR) is 121 cm³/mol. The number of aromatic nitrogens is 3. The molecule has 0 aliphatic rings. The summed E-state index contributed by atoms with van der Waals surface area (Å²) in [7, 11) is 0. The molecule has 150 valence electrons. The molecule has 0 spiro atoms. The quantitative estimate of drug-likeness (QED) is 0.256. The van der Waals surface area contributed by atoms with Crippen molar-refractivity contribution < 1.29 is 5.11 Å². The van der Waals surface area contributed by atoms with Gasteiger partial charge in [0.25, 0.3) is 0 Å². The van der Waals surface area contributed by atoms with E-state index in [2.05, 4.69) is 28.8 Å². The van der Waals surface area contributed by atoms with E-state index in [9.17, 15) is 5.11 Å². The minimum atomic E-state index is 0.233. The fourth-order valence-electron chi connectivity index (χ4n) is 2.69. The Bertz CT molecular complexity index is 860. The fraction of sp³-hybridized carbons (Fsp3) is 0.409. The van der Waals surface area contributed by atoms with Gasteiger partial charge in [-0.2, -0.15) is 0 Å². The summed E-state index contributed by atoms with van der Waals surface area (Å²) in [5.41, 5.74) is 2.59. The van der Waals surface area contributed by atoms with E-state index in [1.807, 2.05) is 31.4 Å². The number of rotatable bonds is 7. The number of thioether (sulfide) groups is 1. The molecule has 0 atom stereocenters. The van der Waals surface area contributed by atoms with Crippen LogP contribution in [0.4, 0.5) is 0 Å². The van der Waals surface area contributed by atoms with Crippen molar-refractivity contribution in [2.45, 2.75) is 58.0 Å². The van der Waals surface area contributed by atoms with Crippen LogP contribution in [0.25, 0.3) is 21.8 Å². The molecular formula is C22H29N3OS2. The van der Waals surface area contributed by atoms with Crippen molar-refractivity contribution in [1.82, 2.24) is 15.0 Å². The Kier molecular flexibility index (Phi) is 9.44. The summed E-state index contributed by atoms with van der Waals surface area (Å²) in [5.74, 6) is 0.233. The molecule has 0 radical (unpaired) electrons. The molecule has 0 fully saturated rings. The van der Waals surface area contributed by atoms with Crippen LogP contribution in [0.15, 0.2) is 41.7 Å². The Morgan fingerprint density at radius 1 is 1.04 bits per heavy atom. The molecule has 0 unspecified atom stereocenters. The molecule has 1 aromatic carbocycles. The van der Waals surface area contributed by atoms with Gasteiger partial charge in [0.15, 0.2) is 5.16 Å². The van der Waals surface area contributed by atoms with Crippen LogP contribution in [-0.4, -0.2) is 26.3 Å². The number of phenols is 1. The lowest BCUT2D eigenvalue weighted by Gasteiger charge is -2.04. The largest absolute Gasteiger partial charge is 0.508 e. The third kappa shape index (κ3) is 6.60. The minimum absolute atomic E-state index is 0.233. The van der Waals surface area contributed by atoms with Gasteiger partial charge in [-0.15, -0.1) is 11.3 Å². The first-order valence-electron chi connectivity index (χ1n) is 9.73. The Morgan fingerprint density at radius 2 is 1.79 bits per heavy atom. The second kappa shape index (κ2) is 11.8. The zero-order valence-electron chi connectivity index (χ0n) is 17.1. The molecule has 6 heteroatoms. The highest BCUT2D eigenvalue weighted by atomic mass is 32.2. The number of nitrogens with zero attached hydrogens (tertiary/aromatic N) is 3. The Morgan fingerprint density at radius 3 is 2.43 bits per heavy atom. The maximum atomic E-state index is 9.67. The number of benzene rings is 1. The van der Waals surface area contributed by atoms with Crippen molar-refractivity contribution in [2.75, 3.05) is 6.26 Å². The molecule has 28 heavy (non-hydrogen) atoms. The maximum Gasteiger partial charge on any atom is 0.187 e. The molecule has 1 N–H and O–H groups in total. The van der Waals surface area contributed by atoms with Crippen molar-refractivity contribution in [2.24, 2.45) is 0 Å². The first kappa shape index (κ1) is 22.4. The molecule has 0 saturated carbocycles. The summed E-state index contributed by atoms with van der Waals surface area (Å²) in [6.45, 7) is 6.46. The zero-order valence-corrected chi connectivity index (χ0v) is 18.7. The maximum absolute atomic E-state index is 9.67. The molecule has 0 amide bonds. The fourth-order valence-corrected chi connectivity index (χ4v) is 3.96. The van der Waals surface area contributed by atoms with Gasteiger partial charge in [0, 0.05) is 11.8 Å². The predicted octanol–water partition coefficient (Wildman–Crippen LogP) is 6.98. The summed E-state index contributed by atoms with van der Waals surface area (Å²) >= 11 is 3.11. The van der Waals surface area contributed by atoms with Crippen molar-refractivity contribution in [3.63, 3.8) is 0 Å². The summed E-state index contributed by atoms with van der Waals surface area (Å²) in [6, 6.07) is 9.01. The van der Waals surface area contributed by atoms with Gasteiger partial charge in [-0.1, -0.05) is 69.8 Å². The van der Waals surface area contributed by atoms with E-state index in [4.69, 9.17) is 0 Å². The van der Waals surface area contributed by atoms with Gasteiger partial charge in [0.05, 0.1) is 21.3 Å². The second-order valence-corrected chi connectivity index (χ2v) is 8.43. The topological polar surface area (TPSA) is 58.9 Å². The first-order valence-corrected chi connectivity index (χ1v) is 11.8. The van der Waals surface area contributed by atoms with Crippen molar-refractivity contribution in [3.05, 3.63) is 41.5 Å². The standard InChI is InChI=1S/C15H13N3OS2.C7H16/c1-9-17-13(10-4-3-5-11(19)8-10)14(21-9)12-6-7-16-15(18-12)20-2;1-3-5-7-6-4-2/h3-8,19H,1-2H3;3-7H2,1-2H3. The highest BCUT2D eigenvalue weighted by Gasteiger charge is 2.15. The first-order chi connectivity index (χ1) is 13.6. The third-order valence-corrected chi connectivity index (χ3v) is 5.66. The van der Waals surface area contributed by atoms with Crippen LogP contribution >= 0.6 is 23.1 Å². The van der Waals surface area contributed by atoms with E-state index in [-0.39, 0.29) is 5.75 Å². The number of phenolic OH excluding ortho intramolecular Hbond substituents is 1. The van der Waals surface area contributed by atoms with Crippen molar-refractivity contribution in [3.8, 4) is 27.6 Å². The highest BCUT2D eigenvalue weighted by molar-refractivity contribution is 7.98. The molecule has 0 aliphatic carbocycles. The van der Waals surface area contributed by atoms with Crippen LogP contribution in [0.5, 0.6) is 5.75 Å². The van der Waals surface area contributed by atoms with Crippen LogP contribution in [-0.2, 0) is 0 Å². The zero-order chi connectivity index (χ0) is 20.4. The molecule has 0 bridgehead atoms. The lowest BCUT2D eigenvalue weighted by atomic mass is 10.1. The van der Waals surface area contributed by atoms with E-state index in [1.165, 1.54) is 43.9 Å².